The minimum atomic E-state index is -0.0416. The van der Waals surface area contributed by atoms with E-state index in [0.717, 1.165) is 62.5 Å². The van der Waals surface area contributed by atoms with E-state index in [-0.39, 0.29) is 5.41 Å². The highest BCUT2D eigenvalue weighted by Gasteiger charge is 2.31. The Morgan fingerprint density at radius 2 is 1.15 bits per heavy atom. The van der Waals surface area contributed by atoms with Gasteiger partial charge in [0.25, 0.3) is 0 Å². The molecule has 0 spiro atoms. The van der Waals surface area contributed by atoms with E-state index in [1.54, 1.807) is 0 Å². The predicted octanol–water partition coefficient (Wildman–Crippen LogP) is 14.2. The number of aromatic nitrogens is 2. The SMILES string of the molecule is Cc1cc(-c2ccccn2)cc(C)c1N1CN(c2cccc(Oc3ccc4c(c3)N(c3cc(C(C)(C)C)ccn3)c3ccccc3-c3ccccc3-4)c2)c2ccccc21. The van der Waals surface area contributed by atoms with Crippen molar-refractivity contribution in [2.45, 2.75) is 40.0 Å². The molecule has 8 aromatic rings. The van der Waals surface area contributed by atoms with Crippen molar-refractivity contribution in [3.63, 3.8) is 0 Å². The van der Waals surface area contributed by atoms with Gasteiger partial charge in [-0.2, -0.15) is 0 Å². The van der Waals surface area contributed by atoms with Crippen LogP contribution in [0.3, 0.4) is 0 Å². The lowest BCUT2D eigenvalue weighted by Gasteiger charge is -2.28. The Hall–Kier alpha value is -7.18. The van der Waals surface area contributed by atoms with Crippen LogP contribution in [0.5, 0.6) is 11.5 Å². The molecule has 288 valence electrons. The summed E-state index contributed by atoms with van der Waals surface area (Å²) in [6.07, 6.45) is 3.78. The first-order valence-corrected chi connectivity index (χ1v) is 20.3. The maximum atomic E-state index is 6.82. The minimum Gasteiger partial charge on any atom is -0.457 e. The first-order valence-electron chi connectivity index (χ1n) is 20.3. The molecule has 0 aliphatic carbocycles. The molecule has 10 rings (SSSR count). The van der Waals surface area contributed by atoms with E-state index >= 15 is 0 Å². The molecule has 0 radical (unpaired) electrons. The number of benzene rings is 6. The third kappa shape index (κ3) is 6.47. The Bertz CT molecular complexity index is 2860. The van der Waals surface area contributed by atoms with E-state index in [9.17, 15) is 0 Å². The minimum absolute atomic E-state index is 0.0416. The largest absolute Gasteiger partial charge is 0.457 e. The summed E-state index contributed by atoms with van der Waals surface area (Å²) < 4.78 is 6.82. The fourth-order valence-electron chi connectivity index (χ4n) is 8.76. The summed E-state index contributed by atoms with van der Waals surface area (Å²) in [6, 6.07) is 55.7. The van der Waals surface area contributed by atoms with Crippen molar-refractivity contribution in [1.29, 1.82) is 0 Å². The first kappa shape index (κ1) is 36.2. The molecule has 0 fully saturated rings. The average molecular weight is 768 g/mol. The Kier molecular flexibility index (Phi) is 8.79. The predicted molar refractivity (Wildman–Crippen MR) is 243 cm³/mol. The van der Waals surface area contributed by atoms with Gasteiger partial charge in [-0.3, -0.25) is 9.88 Å². The van der Waals surface area contributed by atoms with Crippen LogP contribution < -0.4 is 19.4 Å². The van der Waals surface area contributed by atoms with Crippen LogP contribution in [0.4, 0.5) is 39.9 Å². The third-order valence-electron chi connectivity index (χ3n) is 11.5. The van der Waals surface area contributed by atoms with Crippen LogP contribution in [-0.4, -0.2) is 16.6 Å². The van der Waals surface area contributed by atoms with Crippen LogP contribution in [0.15, 0.2) is 170 Å². The summed E-state index contributed by atoms with van der Waals surface area (Å²) in [7, 11) is 0. The van der Waals surface area contributed by atoms with Gasteiger partial charge in [-0.1, -0.05) is 87.5 Å². The summed E-state index contributed by atoms with van der Waals surface area (Å²) in [5, 5.41) is 0. The van der Waals surface area contributed by atoms with E-state index in [1.165, 1.54) is 39.2 Å². The second kappa shape index (κ2) is 14.3. The van der Waals surface area contributed by atoms with Gasteiger partial charge >= 0.3 is 0 Å². The Morgan fingerprint density at radius 3 is 1.86 bits per heavy atom. The van der Waals surface area contributed by atoms with Crippen molar-refractivity contribution in [2.75, 3.05) is 21.4 Å². The summed E-state index contributed by atoms with van der Waals surface area (Å²) in [6.45, 7) is 11.8. The molecule has 0 atom stereocenters. The van der Waals surface area contributed by atoms with Crippen molar-refractivity contribution >= 4 is 39.9 Å². The summed E-state index contributed by atoms with van der Waals surface area (Å²) in [5.74, 6) is 2.38. The molecule has 59 heavy (non-hydrogen) atoms. The van der Waals surface area contributed by atoms with Crippen molar-refractivity contribution in [3.8, 4) is 45.0 Å². The number of ether oxygens (including phenoxy) is 1. The van der Waals surface area contributed by atoms with Crippen molar-refractivity contribution < 1.29 is 4.74 Å². The van der Waals surface area contributed by atoms with Gasteiger partial charge in [-0.05, 0) is 126 Å². The van der Waals surface area contributed by atoms with Crippen molar-refractivity contribution in [2.24, 2.45) is 0 Å². The lowest BCUT2D eigenvalue weighted by atomic mass is 9.87. The molecule has 6 heteroatoms. The smallest absolute Gasteiger partial charge is 0.137 e. The number of rotatable bonds is 6. The summed E-state index contributed by atoms with van der Waals surface area (Å²) in [5.41, 5.74) is 17.0. The highest BCUT2D eigenvalue weighted by Crippen LogP contribution is 2.52. The molecule has 0 bridgehead atoms. The van der Waals surface area contributed by atoms with Gasteiger partial charge in [-0.15, -0.1) is 0 Å². The summed E-state index contributed by atoms with van der Waals surface area (Å²) in [4.78, 5) is 16.7. The van der Waals surface area contributed by atoms with Gasteiger partial charge in [0.05, 0.1) is 28.4 Å². The van der Waals surface area contributed by atoms with E-state index < -0.39 is 0 Å². The van der Waals surface area contributed by atoms with Crippen LogP contribution in [0.25, 0.3) is 33.5 Å². The molecule has 0 saturated heterocycles. The maximum Gasteiger partial charge on any atom is 0.137 e. The number of pyridine rings is 2. The lowest BCUT2D eigenvalue weighted by molar-refractivity contribution is 0.483. The number of hydrogen-bond donors (Lipinski definition) is 0. The van der Waals surface area contributed by atoms with Gasteiger partial charge in [-0.25, -0.2) is 4.98 Å². The third-order valence-corrected chi connectivity index (χ3v) is 11.5. The molecule has 6 aromatic carbocycles. The van der Waals surface area contributed by atoms with Crippen molar-refractivity contribution in [1.82, 2.24) is 9.97 Å². The van der Waals surface area contributed by atoms with Gasteiger partial charge in [0, 0.05) is 52.6 Å². The maximum absolute atomic E-state index is 6.82. The number of anilines is 7. The molecule has 0 N–H and O–H groups in total. The molecular formula is C53H45N5O. The van der Waals surface area contributed by atoms with Crippen LogP contribution in [-0.2, 0) is 5.41 Å². The standard InChI is InChI=1S/C53H45N5O/c1-35-29-37(46-20-12-13-27-54-46)30-36(2)52(35)57-34-56(48-22-10-11-23-49(48)57)39-15-14-16-40(32-39)59-41-24-25-45-43-18-7-6-17-42(43)44-19-8-9-21-47(44)58(50(45)33-41)51-31-38(26-28-55-51)53(3,4)5/h6-33H,34H2,1-5H3. The van der Waals surface area contributed by atoms with Gasteiger partial charge in [0.2, 0.25) is 0 Å². The Labute approximate surface area is 346 Å². The second-order valence-electron chi connectivity index (χ2n) is 16.5. The van der Waals surface area contributed by atoms with Crippen molar-refractivity contribution in [3.05, 3.63) is 187 Å². The summed E-state index contributed by atoms with van der Waals surface area (Å²) >= 11 is 0. The number of fused-ring (bicyclic) bond motifs is 6. The van der Waals surface area contributed by atoms with Gasteiger partial charge < -0.3 is 14.5 Å². The number of para-hydroxylation sites is 3. The molecule has 2 aliphatic rings. The number of aryl methyl sites for hydroxylation is 2. The van der Waals surface area contributed by atoms with E-state index in [2.05, 4.69) is 194 Å². The molecule has 2 aliphatic heterocycles. The lowest BCUT2D eigenvalue weighted by Crippen LogP contribution is -2.25. The first-order chi connectivity index (χ1) is 28.7. The molecule has 0 unspecified atom stereocenters. The fourth-order valence-corrected chi connectivity index (χ4v) is 8.76. The van der Waals surface area contributed by atoms with E-state index in [0.29, 0.717) is 6.67 Å². The number of hydrogen-bond acceptors (Lipinski definition) is 6. The zero-order chi connectivity index (χ0) is 40.3. The Balaban J connectivity index is 1.02. The molecule has 4 heterocycles. The normalized spacial score (nSPS) is 13.0. The number of nitrogens with zero attached hydrogens (tertiary/aromatic N) is 5. The molecule has 6 nitrogen and oxygen atoms in total. The zero-order valence-corrected chi connectivity index (χ0v) is 34.0. The molecule has 0 amide bonds. The zero-order valence-electron chi connectivity index (χ0n) is 34.0. The molecule has 2 aromatic heterocycles. The van der Waals surface area contributed by atoms with Gasteiger partial charge in [0.1, 0.15) is 24.0 Å². The van der Waals surface area contributed by atoms with Crippen LogP contribution in [0.2, 0.25) is 0 Å². The van der Waals surface area contributed by atoms with Crippen LogP contribution in [0.1, 0.15) is 37.5 Å². The quantitative estimate of drug-likeness (QED) is 0.168. The van der Waals surface area contributed by atoms with Gasteiger partial charge in [0.15, 0.2) is 0 Å². The topological polar surface area (TPSA) is 44.7 Å². The van der Waals surface area contributed by atoms with Crippen LogP contribution in [0, 0.1) is 13.8 Å². The van der Waals surface area contributed by atoms with E-state index in [4.69, 9.17) is 9.72 Å². The highest BCUT2D eigenvalue weighted by molar-refractivity contribution is 6.02. The fraction of sp³-hybridized carbons (Fsp3) is 0.132. The Morgan fingerprint density at radius 1 is 0.508 bits per heavy atom. The van der Waals surface area contributed by atoms with E-state index in [1.807, 2.05) is 30.6 Å². The molecular weight excluding hydrogens is 723 g/mol. The second-order valence-corrected chi connectivity index (χ2v) is 16.5. The highest BCUT2D eigenvalue weighted by atomic mass is 16.5. The average Bonchev–Trinajstić information content (AvgIpc) is 3.58. The van der Waals surface area contributed by atoms with Crippen LogP contribution >= 0.6 is 0 Å². The molecule has 0 saturated carbocycles. The monoisotopic (exact) mass is 767 g/mol.